The van der Waals surface area contributed by atoms with Gasteiger partial charge in [-0.05, 0) is 34.1 Å². The molecule has 0 unspecified atom stereocenters. The van der Waals surface area contributed by atoms with Crippen molar-refractivity contribution in [2.75, 3.05) is 7.11 Å². The van der Waals surface area contributed by atoms with Gasteiger partial charge in [0.25, 0.3) is 0 Å². The molecule has 0 radical (unpaired) electrons. The van der Waals surface area contributed by atoms with Gasteiger partial charge in [0.2, 0.25) is 9.84 Å². The Bertz CT molecular complexity index is 764. The van der Waals surface area contributed by atoms with Gasteiger partial charge in [0.15, 0.2) is 0 Å². The molecule has 0 saturated carbocycles. The second-order valence-corrected chi connectivity index (χ2v) is 7.96. The number of aromatic carboxylic acids is 1. The fraction of sp³-hybridized carbons (Fsp3) is 0.0833. The van der Waals surface area contributed by atoms with Gasteiger partial charge in [-0.25, -0.2) is 13.2 Å². The Labute approximate surface area is 127 Å². The molecule has 20 heavy (non-hydrogen) atoms. The van der Waals surface area contributed by atoms with Gasteiger partial charge in [0.1, 0.15) is 15.5 Å². The molecule has 5 nitrogen and oxygen atoms in total. The topological polar surface area (TPSA) is 80.7 Å². The van der Waals surface area contributed by atoms with Crippen molar-refractivity contribution in [2.45, 2.75) is 9.79 Å². The number of thiophene rings is 1. The molecule has 1 N–H and O–H groups in total. The van der Waals surface area contributed by atoms with Crippen molar-refractivity contribution in [3.05, 3.63) is 39.0 Å². The van der Waals surface area contributed by atoms with Gasteiger partial charge in [0.05, 0.1) is 15.8 Å². The SMILES string of the molecule is COc1ccccc1S(=O)(=O)c1cc(C(=O)O)sc1Br. The number of carboxylic acids is 1. The number of ether oxygens (including phenoxy) is 1. The molecule has 0 amide bonds. The van der Waals surface area contributed by atoms with Crippen molar-refractivity contribution in [3.63, 3.8) is 0 Å². The van der Waals surface area contributed by atoms with Crippen LogP contribution in [-0.4, -0.2) is 26.6 Å². The predicted molar refractivity (Wildman–Crippen MR) is 77.4 cm³/mol. The summed E-state index contributed by atoms with van der Waals surface area (Å²) in [5, 5.41) is 8.93. The van der Waals surface area contributed by atoms with E-state index in [0.717, 1.165) is 17.4 Å². The van der Waals surface area contributed by atoms with Crippen LogP contribution in [-0.2, 0) is 9.84 Å². The Morgan fingerprint density at radius 3 is 2.50 bits per heavy atom. The second kappa shape index (κ2) is 5.55. The summed E-state index contributed by atoms with van der Waals surface area (Å²) in [6.07, 6.45) is 0. The van der Waals surface area contributed by atoms with E-state index in [1.807, 2.05) is 0 Å². The third-order valence-corrected chi connectivity index (χ3v) is 6.55. The lowest BCUT2D eigenvalue weighted by Gasteiger charge is -2.08. The number of halogens is 1. The lowest BCUT2D eigenvalue weighted by Crippen LogP contribution is -2.04. The molecule has 0 aliphatic carbocycles. The molecule has 0 fully saturated rings. The number of hydrogen-bond donors (Lipinski definition) is 1. The smallest absolute Gasteiger partial charge is 0.345 e. The predicted octanol–water partition coefficient (Wildman–Crippen LogP) is 3.05. The Morgan fingerprint density at radius 2 is 1.95 bits per heavy atom. The molecule has 0 atom stereocenters. The summed E-state index contributed by atoms with van der Waals surface area (Å²) >= 11 is 3.95. The lowest BCUT2D eigenvalue weighted by atomic mass is 10.3. The van der Waals surface area contributed by atoms with E-state index in [1.54, 1.807) is 12.1 Å². The molecule has 1 aromatic heterocycles. The Morgan fingerprint density at radius 1 is 1.30 bits per heavy atom. The van der Waals surface area contributed by atoms with E-state index in [9.17, 15) is 13.2 Å². The van der Waals surface area contributed by atoms with Crippen LogP contribution >= 0.6 is 27.3 Å². The van der Waals surface area contributed by atoms with E-state index in [0.29, 0.717) is 0 Å². The van der Waals surface area contributed by atoms with E-state index in [1.165, 1.54) is 19.2 Å². The summed E-state index contributed by atoms with van der Waals surface area (Å²) < 4.78 is 30.4. The molecule has 0 aliphatic rings. The van der Waals surface area contributed by atoms with Crippen LogP contribution in [0.2, 0.25) is 0 Å². The highest BCUT2D eigenvalue weighted by atomic mass is 79.9. The number of carbonyl (C=O) groups is 1. The van der Waals surface area contributed by atoms with Gasteiger partial charge >= 0.3 is 5.97 Å². The maximum Gasteiger partial charge on any atom is 0.345 e. The fourth-order valence-corrected chi connectivity index (χ4v) is 5.42. The van der Waals surface area contributed by atoms with Crippen LogP contribution in [0.4, 0.5) is 0 Å². The van der Waals surface area contributed by atoms with E-state index in [-0.39, 0.29) is 24.2 Å². The molecule has 8 heteroatoms. The molecule has 0 saturated heterocycles. The summed E-state index contributed by atoms with van der Waals surface area (Å²) in [6, 6.07) is 7.32. The number of benzene rings is 1. The summed E-state index contributed by atoms with van der Waals surface area (Å²) in [5.41, 5.74) is 0. The number of para-hydroxylation sites is 1. The van der Waals surface area contributed by atoms with Crippen molar-refractivity contribution in [1.82, 2.24) is 0 Å². The zero-order chi connectivity index (χ0) is 14.9. The fourth-order valence-electron chi connectivity index (χ4n) is 1.60. The molecule has 1 aromatic carbocycles. The van der Waals surface area contributed by atoms with Crippen LogP contribution in [0.5, 0.6) is 5.75 Å². The first kappa shape index (κ1) is 15.0. The maximum absolute atomic E-state index is 12.6. The Balaban J connectivity index is 2.64. The minimum absolute atomic E-state index is 0.00191. The monoisotopic (exact) mass is 376 g/mol. The van der Waals surface area contributed by atoms with Gasteiger partial charge in [-0.1, -0.05) is 12.1 Å². The van der Waals surface area contributed by atoms with Gasteiger partial charge in [0, 0.05) is 0 Å². The van der Waals surface area contributed by atoms with E-state index in [4.69, 9.17) is 9.84 Å². The largest absolute Gasteiger partial charge is 0.495 e. The highest BCUT2D eigenvalue weighted by molar-refractivity contribution is 9.11. The Hall–Kier alpha value is -1.38. The molecule has 2 aromatic rings. The van der Waals surface area contributed by atoms with Crippen molar-refractivity contribution >= 4 is 43.1 Å². The molecular weight excluding hydrogens is 368 g/mol. The van der Waals surface area contributed by atoms with Crippen LogP contribution in [0.1, 0.15) is 9.67 Å². The number of sulfone groups is 1. The van der Waals surface area contributed by atoms with Gasteiger partial charge in [-0.15, -0.1) is 11.3 Å². The van der Waals surface area contributed by atoms with Gasteiger partial charge in [-0.3, -0.25) is 0 Å². The summed E-state index contributed by atoms with van der Waals surface area (Å²) in [4.78, 5) is 10.8. The van der Waals surface area contributed by atoms with Crippen LogP contribution in [0, 0.1) is 0 Å². The molecule has 106 valence electrons. The number of rotatable bonds is 4. The quantitative estimate of drug-likeness (QED) is 0.886. The molecule has 1 heterocycles. The van der Waals surface area contributed by atoms with Crippen LogP contribution in [0.3, 0.4) is 0 Å². The third kappa shape index (κ3) is 2.58. The molecule has 2 rings (SSSR count). The molecular formula is C12H9BrO5S2. The third-order valence-electron chi connectivity index (χ3n) is 2.51. The zero-order valence-electron chi connectivity index (χ0n) is 10.2. The molecule has 0 bridgehead atoms. The average molecular weight is 377 g/mol. The first-order valence-electron chi connectivity index (χ1n) is 5.28. The average Bonchev–Trinajstić information content (AvgIpc) is 2.81. The van der Waals surface area contributed by atoms with Crippen LogP contribution in [0.15, 0.2) is 43.9 Å². The summed E-state index contributed by atoms with van der Waals surface area (Å²) in [7, 11) is -2.48. The van der Waals surface area contributed by atoms with E-state index in [2.05, 4.69) is 15.9 Å². The van der Waals surface area contributed by atoms with Crippen molar-refractivity contribution in [2.24, 2.45) is 0 Å². The van der Waals surface area contributed by atoms with E-state index >= 15 is 0 Å². The van der Waals surface area contributed by atoms with Crippen LogP contribution < -0.4 is 4.74 Å². The number of methoxy groups -OCH3 is 1. The van der Waals surface area contributed by atoms with Gasteiger partial charge < -0.3 is 9.84 Å². The lowest BCUT2D eigenvalue weighted by molar-refractivity contribution is 0.0702. The molecule has 0 spiro atoms. The van der Waals surface area contributed by atoms with Crippen LogP contribution in [0.25, 0.3) is 0 Å². The zero-order valence-corrected chi connectivity index (χ0v) is 13.4. The summed E-state index contributed by atoms with van der Waals surface area (Å²) in [6.45, 7) is 0. The minimum atomic E-state index is -3.85. The first-order valence-corrected chi connectivity index (χ1v) is 8.38. The van der Waals surface area contributed by atoms with Gasteiger partial charge in [-0.2, -0.15) is 0 Å². The van der Waals surface area contributed by atoms with Crippen molar-refractivity contribution in [1.29, 1.82) is 0 Å². The van der Waals surface area contributed by atoms with Crippen molar-refractivity contribution in [3.8, 4) is 5.75 Å². The van der Waals surface area contributed by atoms with Crippen molar-refractivity contribution < 1.29 is 23.1 Å². The van der Waals surface area contributed by atoms with E-state index < -0.39 is 15.8 Å². The highest BCUT2D eigenvalue weighted by Crippen LogP contribution is 2.37. The maximum atomic E-state index is 12.6. The molecule has 0 aliphatic heterocycles. The minimum Gasteiger partial charge on any atom is -0.495 e. The number of hydrogen-bond acceptors (Lipinski definition) is 5. The summed E-state index contributed by atoms with van der Waals surface area (Å²) in [5.74, 6) is -0.959. The Kier molecular flexibility index (Phi) is 4.17. The first-order chi connectivity index (χ1) is 9.37. The normalized spacial score (nSPS) is 11.3. The highest BCUT2D eigenvalue weighted by Gasteiger charge is 2.27. The second-order valence-electron chi connectivity index (χ2n) is 3.71. The standard InChI is InChI=1S/C12H9BrO5S2/c1-18-7-4-2-3-5-9(7)20(16,17)10-6-8(12(14)15)19-11(10)13/h2-6H,1H3,(H,14,15). The number of carboxylic acid groups (broad SMARTS) is 1.